The smallest absolute Gasteiger partial charge is 0.410 e. The number of anilines is 2. The predicted octanol–water partition coefficient (Wildman–Crippen LogP) is 6.02. The Balaban J connectivity index is 1.44. The van der Waals surface area contributed by atoms with E-state index in [1.54, 1.807) is 17.0 Å². The van der Waals surface area contributed by atoms with E-state index in [4.69, 9.17) is 15.6 Å². The van der Waals surface area contributed by atoms with Gasteiger partial charge in [0.05, 0.1) is 11.4 Å². The summed E-state index contributed by atoms with van der Waals surface area (Å²) < 4.78 is 7.45. The highest BCUT2D eigenvalue weighted by molar-refractivity contribution is 6.06. The van der Waals surface area contributed by atoms with Gasteiger partial charge in [-0.15, -0.1) is 0 Å². The average Bonchev–Trinajstić information content (AvgIpc) is 3.34. The highest BCUT2D eigenvalue weighted by Crippen LogP contribution is 2.34. The Hall–Kier alpha value is -4.47. The first-order valence-corrected chi connectivity index (χ1v) is 14.0. The fraction of sp³-hybridized carbons (Fsp3) is 0.387. The third-order valence-corrected chi connectivity index (χ3v) is 7.15. The van der Waals surface area contributed by atoms with Crippen LogP contribution in [0.25, 0.3) is 22.3 Å². The zero-order valence-electron chi connectivity index (χ0n) is 24.2. The number of ether oxygens (including phenoxy) is 1. The van der Waals surface area contributed by atoms with Crippen molar-refractivity contribution in [2.75, 3.05) is 24.1 Å². The minimum absolute atomic E-state index is 0.123. The SMILES string of the molecule is CC(C)c1ccc(NC(=O)c2cccc(-c3nn([C@@H]4CCCN(C(=O)OC(C)(C)C)C4)c4ncnc(N)c34)c2)cc1. The monoisotopic (exact) mass is 555 g/mol. The maximum atomic E-state index is 13.2. The lowest BCUT2D eigenvalue weighted by Crippen LogP contribution is -2.43. The Bertz CT molecular complexity index is 1570. The summed E-state index contributed by atoms with van der Waals surface area (Å²) in [4.78, 5) is 36.4. The lowest BCUT2D eigenvalue weighted by atomic mass is 10.0. The number of fused-ring (bicyclic) bond motifs is 1. The van der Waals surface area contributed by atoms with Gasteiger partial charge in [0.15, 0.2) is 5.65 Å². The molecule has 0 aliphatic carbocycles. The molecular formula is C31H37N7O3. The van der Waals surface area contributed by atoms with Gasteiger partial charge in [-0.3, -0.25) is 4.79 Å². The topological polar surface area (TPSA) is 128 Å². The summed E-state index contributed by atoms with van der Waals surface area (Å²) in [6.45, 7) is 10.9. The highest BCUT2D eigenvalue weighted by Gasteiger charge is 2.31. The molecule has 4 aromatic rings. The molecule has 41 heavy (non-hydrogen) atoms. The van der Waals surface area contributed by atoms with Gasteiger partial charge < -0.3 is 20.7 Å². The first kappa shape index (κ1) is 28.1. The van der Waals surface area contributed by atoms with E-state index in [0.29, 0.717) is 47.1 Å². The number of aromatic nitrogens is 4. The van der Waals surface area contributed by atoms with Crippen LogP contribution < -0.4 is 11.1 Å². The molecule has 0 radical (unpaired) electrons. The van der Waals surface area contributed by atoms with Crippen molar-refractivity contribution < 1.29 is 14.3 Å². The summed E-state index contributed by atoms with van der Waals surface area (Å²) in [6.07, 6.45) is 2.69. The molecule has 0 bridgehead atoms. The van der Waals surface area contributed by atoms with Crippen LogP contribution in [-0.4, -0.2) is 55.3 Å². The fourth-order valence-corrected chi connectivity index (χ4v) is 5.06. The second-order valence-corrected chi connectivity index (χ2v) is 11.8. The van der Waals surface area contributed by atoms with E-state index in [9.17, 15) is 9.59 Å². The van der Waals surface area contributed by atoms with Crippen LogP contribution in [0.15, 0.2) is 54.9 Å². The number of nitrogens with zero attached hydrogens (tertiary/aromatic N) is 5. The second-order valence-electron chi connectivity index (χ2n) is 11.8. The van der Waals surface area contributed by atoms with E-state index in [1.807, 2.05) is 61.9 Å². The number of nitrogens with two attached hydrogens (primary N) is 1. The minimum Gasteiger partial charge on any atom is -0.444 e. The summed E-state index contributed by atoms with van der Waals surface area (Å²) >= 11 is 0. The zero-order chi connectivity index (χ0) is 29.3. The van der Waals surface area contributed by atoms with Crippen LogP contribution in [0.4, 0.5) is 16.3 Å². The lowest BCUT2D eigenvalue weighted by molar-refractivity contribution is 0.0169. The molecule has 3 N–H and O–H groups in total. The number of carbonyl (C=O) groups excluding carboxylic acids is 2. The Labute approximate surface area is 239 Å². The van der Waals surface area contributed by atoms with Gasteiger partial charge in [0.1, 0.15) is 23.4 Å². The number of nitrogens with one attached hydrogen (secondary N) is 1. The number of benzene rings is 2. The van der Waals surface area contributed by atoms with E-state index < -0.39 is 5.60 Å². The first-order valence-electron chi connectivity index (χ1n) is 14.0. The number of rotatable bonds is 5. The Morgan fingerprint density at radius 1 is 1.10 bits per heavy atom. The van der Waals surface area contributed by atoms with Crippen molar-refractivity contribution in [3.63, 3.8) is 0 Å². The van der Waals surface area contributed by atoms with Gasteiger partial charge in [-0.05, 0) is 69.4 Å². The van der Waals surface area contributed by atoms with Gasteiger partial charge in [0, 0.05) is 29.9 Å². The van der Waals surface area contributed by atoms with Gasteiger partial charge >= 0.3 is 6.09 Å². The summed E-state index contributed by atoms with van der Waals surface area (Å²) in [7, 11) is 0. The number of likely N-dealkylation sites (tertiary alicyclic amines) is 1. The molecule has 0 unspecified atom stereocenters. The van der Waals surface area contributed by atoms with Crippen molar-refractivity contribution in [3.05, 3.63) is 66.0 Å². The minimum atomic E-state index is -0.577. The van der Waals surface area contributed by atoms with Crippen LogP contribution in [0, 0.1) is 0 Å². The van der Waals surface area contributed by atoms with E-state index in [1.165, 1.54) is 11.9 Å². The van der Waals surface area contributed by atoms with Gasteiger partial charge in [-0.25, -0.2) is 19.4 Å². The molecule has 3 heterocycles. The van der Waals surface area contributed by atoms with E-state index in [0.717, 1.165) is 24.1 Å². The number of piperidine rings is 1. The second kappa shape index (κ2) is 11.2. The third kappa shape index (κ3) is 6.16. The van der Waals surface area contributed by atoms with Crippen molar-refractivity contribution >= 4 is 34.5 Å². The van der Waals surface area contributed by atoms with Crippen LogP contribution in [-0.2, 0) is 4.74 Å². The van der Waals surface area contributed by atoms with Crippen LogP contribution in [0.1, 0.15) is 75.3 Å². The molecular weight excluding hydrogens is 518 g/mol. The van der Waals surface area contributed by atoms with E-state index >= 15 is 0 Å². The molecule has 10 heteroatoms. The number of hydrogen-bond donors (Lipinski definition) is 2. The van der Waals surface area contributed by atoms with E-state index in [2.05, 4.69) is 29.1 Å². The Morgan fingerprint density at radius 3 is 2.56 bits per heavy atom. The zero-order valence-corrected chi connectivity index (χ0v) is 24.2. The van der Waals surface area contributed by atoms with E-state index in [-0.39, 0.29) is 18.0 Å². The van der Waals surface area contributed by atoms with Crippen molar-refractivity contribution in [2.24, 2.45) is 0 Å². The summed E-state index contributed by atoms with van der Waals surface area (Å²) in [5, 5.41) is 8.54. The fourth-order valence-electron chi connectivity index (χ4n) is 5.06. The van der Waals surface area contributed by atoms with Crippen LogP contribution in [0.5, 0.6) is 0 Å². The number of hydrogen-bond acceptors (Lipinski definition) is 7. The van der Waals surface area contributed by atoms with Crippen LogP contribution in [0.3, 0.4) is 0 Å². The van der Waals surface area contributed by atoms with Gasteiger partial charge in [-0.2, -0.15) is 5.10 Å². The molecule has 10 nitrogen and oxygen atoms in total. The molecule has 1 fully saturated rings. The largest absolute Gasteiger partial charge is 0.444 e. The Morgan fingerprint density at radius 2 is 1.85 bits per heavy atom. The summed E-state index contributed by atoms with van der Waals surface area (Å²) in [5.41, 5.74) is 10.1. The maximum absolute atomic E-state index is 13.2. The predicted molar refractivity (Wildman–Crippen MR) is 160 cm³/mol. The van der Waals surface area contributed by atoms with Crippen LogP contribution >= 0.6 is 0 Å². The van der Waals surface area contributed by atoms with Crippen LogP contribution in [0.2, 0.25) is 0 Å². The number of amides is 2. The molecule has 2 amide bonds. The molecule has 214 valence electrons. The number of carbonyl (C=O) groups is 2. The quantitative estimate of drug-likeness (QED) is 0.308. The summed E-state index contributed by atoms with van der Waals surface area (Å²) in [6, 6.07) is 15.0. The standard InChI is InChI=1S/C31H37N7O3/c1-19(2)20-11-13-23(14-12-20)35-29(39)22-9-6-8-21(16-22)26-25-27(32)33-18-34-28(25)38(36-26)24-10-7-15-37(17-24)30(40)41-31(3,4)5/h6,8-9,11-14,16,18-19,24H,7,10,15,17H2,1-5H3,(H,35,39)(H2,32,33,34)/t24-/m1/s1. The Kier molecular flexibility index (Phi) is 7.66. The molecule has 2 aromatic heterocycles. The lowest BCUT2D eigenvalue weighted by Gasteiger charge is -2.34. The van der Waals surface area contributed by atoms with Crippen molar-refractivity contribution in [1.29, 1.82) is 0 Å². The average molecular weight is 556 g/mol. The molecule has 1 aliphatic heterocycles. The summed E-state index contributed by atoms with van der Waals surface area (Å²) in [5.74, 6) is 0.491. The molecule has 2 aromatic carbocycles. The van der Waals surface area contributed by atoms with Gasteiger partial charge in [0.2, 0.25) is 0 Å². The molecule has 0 spiro atoms. The van der Waals surface area contributed by atoms with Crippen molar-refractivity contribution in [2.45, 2.75) is 65.0 Å². The third-order valence-electron chi connectivity index (χ3n) is 7.15. The highest BCUT2D eigenvalue weighted by atomic mass is 16.6. The maximum Gasteiger partial charge on any atom is 0.410 e. The molecule has 1 aliphatic rings. The first-order chi connectivity index (χ1) is 19.5. The molecule has 1 saturated heterocycles. The normalized spacial score (nSPS) is 15.8. The van der Waals surface area contributed by atoms with Gasteiger partial charge in [0.25, 0.3) is 5.91 Å². The molecule has 1 atom stereocenters. The van der Waals surface area contributed by atoms with Crippen molar-refractivity contribution in [3.8, 4) is 11.3 Å². The van der Waals surface area contributed by atoms with Crippen molar-refractivity contribution in [1.82, 2.24) is 24.6 Å². The van der Waals surface area contributed by atoms with Gasteiger partial charge in [-0.1, -0.05) is 38.1 Å². The number of nitrogen functional groups attached to an aromatic ring is 1. The molecule has 5 rings (SSSR count). The molecule has 0 saturated carbocycles.